The zero-order valence-electron chi connectivity index (χ0n) is 9.07. The number of pyridine rings is 1. The van der Waals surface area contributed by atoms with Crippen LogP contribution < -0.4 is 0 Å². The van der Waals surface area contributed by atoms with Gasteiger partial charge in [-0.15, -0.1) is 0 Å². The Bertz CT molecular complexity index is 722. The minimum Gasteiger partial charge on any atom is -0.293 e. The minimum atomic E-state index is -0.237. The lowest BCUT2D eigenvalue weighted by molar-refractivity contribution is 0.628. The molecule has 0 aliphatic rings. The van der Waals surface area contributed by atoms with Crippen molar-refractivity contribution in [2.45, 2.75) is 0 Å². The summed E-state index contributed by atoms with van der Waals surface area (Å²) >= 11 is 5.73. The number of imidazole rings is 1. The van der Waals surface area contributed by atoms with Crippen LogP contribution >= 0.6 is 38.5 Å². The fourth-order valence-corrected chi connectivity index (χ4v) is 3.05. The number of rotatable bonds is 1. The summed E-state index contributed by atoms with van der Waals surface area (Å²) in [6, 6.07) is 10.3. The number of fused-ring (bicyclic) bond motifs is 1. The third-order valence-corrected chi connectivity index (χ3v) is 4.31. The molecule has 2 nitrogen and oxygen atoms in total. The molecule has 90 valence electrons. The van der Waals surface area contributed by atoms with Crippen LogP contribution in [0.5, 0.6) is 0 Å². The number of hydrogen-bond acceptors (Lipinski definition) is 1. The fraction of sp³-hybridized carbons (Fsp3) is 0. The molecule has 0 bridgehead atoms. The van der Waals surface area contributed by atoms with Gasteiger partial charge < -0.3 is 0 Å². The predicted molar refractivity (Wildman–Crippen MR) is 81.0 cm³/mol. The molecule has 0 fully saturated rings. The average Bonchev–Trinajstić information content (AvgIpc) is 2.70. The summed E-state index contributed by atoms with van der Waals surface area (Å²) in [4.78, 5) is 4.60. The Morgan fingerprint density at radius 3 is 2.56 bits per heavy atom. The first-order valence-electron chi connectivity index (χ1n) is 5.25. The van der Waals surface area contributed by atoms with E-state index in [2.05, 4.69) is 43.5 Å². The van der Waals surface area contributed by atoms with Gasteiger partial charge in [0.1, 0.15) is 15.2 Å². The van der Waals surface area contributed by atoms with E-state index in [-0.39, 0.29) is 5.82 Å². The molecule has 0 spiro atoms. The van der Waals surface area contributed by atoms with Crippen molar-refractivity contribution in [3.05, 3.63) is 56.6 Å². The van der Waals surface area contributed by atoms with Crippen molar-refractivity contribution < 1.29 is 4.39 Å². The maximum atomic E-state index is 12.9. The molecule has 0 unspecified atom stereocenters. The normalized spacial score (nSPS) is 11.1. The van der Waals surface area contributed by atoms with Crippen LogP contribution in [0.1, 0.15) is 0 Å². The Morgan fingerprint density at radius 1 is 1.17 bits per heavy atom. The third-order valence-electron chi connectivity index (χ3n) is 2.66. The van der Waals surface area contributed by atoms with Crippen molar-refractivity contribution in [3.63, 3.8) is 0 Å². The van der Waals surface area contributed by atoms with Crippen LogP contribution in [0.3, 0.4) is 0 Å². The second-order valence-corrected chi connectivity index (χ2v) is 5.68. The Kier molecular flexibility index (Phi) is 3.11. The summed E-state index contributed by atoms with van der Waals surface area (Å²) in [6.45, 7) is 0. The van der Waals surface area contributed by atoms with Crippen LogP contribution in [0.4, 0.5) is 4.39 Å². The summed E-state index contributed by atoms with van der Waals surface area (Å²) in [5, 5.41) is 0. The monoisotopic (exact) mass is 416 g/mol. The van der Waals surface area contributed by atoms with E-state index in [4.69, 9.17) is 0 Å². The van der Waals surface area contributed by atoms with Gasteiger partial charge in [-0.25, -0.2) is 9.37 Å². The number of benzene rings is 1. The SMILES string of the molecule is Fc1ccc(-c2nc3c(Br)cccn3c2I)cc1. The van der Waals surface area contributed by atoms with E-state index < -0.39 is 0 Å². The van der Waals surface area contributed by atoms with Crippen LogP contribution in [0, 0.1) is 9.52 Å². The molecule has 5 heteroatoms. The number of halogens is 3. The smallest absolute Gasteiger partial charge is 0.152 e. The number of aromatic nitrogens is 2. The molecule has 2 aromatic heterocycles. The van der Waals surface area contributed by atoms with Gasteiger partial charge in [0.15, 0.2) is 5.65 Å². The lowest BCUT2D eigenvalue weighted by Crippen LogP contribution is -1.87. The van der Waals surface area contributed by atoms with E-state index in [1.807, 2.05) is 22.7 Å². The van der Waals surface area contributed by atoms with Gasteiger partial charge in [0.2, 0.25) is 0 Å². The standard InChI is InChI=1S/C13H7BrFIN2/c14-10-2-1-7-18-12(16)11(17-13(10)18)8-3-5-9(15)6-4-8/h1-7H. The predicted octanol–water partition coefficient (Wildman–Crippen LogP) is 4.51. The zero-order valence-corrected chi connectivity index (χ0v) is 12.8. The van der Waals surface area contributed by atoms with Gasteiger partial charge in [0.25, 0.3) is 0 Å². The Morgan fingerprint density at radius 2 is 1.89 bits per heavy atom. The Labute approximate surface area is 125 Å². The van der Waals surface area contributed by atoms with E-state index in [1.165, 1.54) is 12.1 Å². The summed E-state index contributed by atoms with van der Waals surface area (Å²) in [6.07, 6.45) is 1.96. The first-order valence-corrected chi connectivity index (χ1v) is 7.12. The van der Waals surface area contributed by atoms with Crippen LogP contribution in [-0.4, -0.2) is 9.38 Å². The molecule has 0 atom stereocenters. The molecule has 18 heavy (non-hydrogen) atoms. The van der Waals surface area contributed by atoms with Crippen molar-refractivity contribution >= 4 is 44.2 Å². The Balaban J connectivity index is 2.27. The minimum absolute atomic E-state index is 0.237. The molecule has 3 rings (SSSR count). The van der Waals surface area contributed by atoms with Crippen molar-refractivity contribution in [1.82, 2.24) is 9.38 Å². The lowest BCUT2D eigenvalue weighted by atomic mass is 10.2. The van der Waals surface area contributed by atoms with Gasteiger partial charge in [0, 0.05) is 11.8 Å². The highest BCUT2D eigenvalue weighted by Crippen LogP contribution is 2.28. The average molecular weight is 417 g/mol. The fourth-order valence-electron chi connectivity index (χ4n) is 1.80. The topological polar surface area (TPSA) is 17.3 Å². The van der Waals surface area contributed by atoms with E-state index in [0.29, 0.717) is 0 Å². The number of nitrogens with zero attached hydrogens (tertiary/aromatic N) is 2. The molecule has 1 aromatic carbocycles. The number of hydrogen-bond donors (Lipinski definition) is 0. The first kappa shape index (κ1) is 12.1. The first-order chi connectivity index (χ1) is 8.66. The van der Waals surface area contributed by atoms with Crippen molar-refractivity contribution in [1.29, 1.82) is 0 Å². The molecular weight excluding hydrogens is 410 g/mol. The lowest BCUT2D eigenvalue weighted by Gasteiger charge is -1.98. The van der Waals surface area contributed by atoms with Gasteiger partial charge >= 0.3 is 0 Å². The van der Waals surface area contributed by atoms with E-state index >= 15 is 0 Å². The van der Waals surface area contributed by atoms with Gasteiger partial charge in [-0.1, -0.05) is 0 Å². The van der Waals surface area contributed by atoms with Crippen LogP contribution in [0.2, 0.25) is 0 Å². The highest BCUT2D eigenvalue weighted by Gasteiger charge is 2.13. The zero-order chi connectivity index (χ0) is 12.7. The molecule has 0 saturated heterocycles. The molecule has 3 aromatic rings. The third kappa shape index (κ3) is 1.95. The molecule has 0 aliphatic heterocycles. The van der Waals surface area contributed by atoms with Crippen LogP contribution in [0.25, 0.3) is 16.9 Å². The molecule has 2 heterocycles. The molecule has 0 amide bonds. The largest absolute Gasteiger partial charge is 0.293 e. The van der Waals surface area contributed by atoms with Crippen molar-refractivity contribution in [2.75, 3.05) is 0 Å². The summed E-state index contributed by atoms with van der Waals surface area (Å²) < 4.78 is 16.9. The molecular formula is C13H7BrFIN2. The quantitative estimate of drug-likeness (QED) is 0.533. The van der Waals surface area contributed by atoms with Gasteiger partial charge in [-0.2, -0.15) is 0 Å². The second kappa shape index (κ2) is 4.62. The van der Waals surface area contributed by atoms with E-state index in [0.717, 1.165) is 25.1 Å². The van der Waals surface area contributed by atoms with Gasteiger partial charge in [-0.3, -0.25) is 4.40 Å². The second-order valence-electron chi connectivity index (χ2n) is 3.81. The maximum Gasteiger partial charge on any atom is 0.152 e. The van der Waals surface area contributed by atoms with Gasteiger partial charge in [0.05, 0.1) is 4.47 Å². The van der Waals surface area contributed by atoms with Crippen LogP contribution in [0.15, 0.2) is 47.1 Å². The van der Waals surface area contributed by atoms with Gasteiger partial charge in [-0.05, 0) is 74.9 Å². The summed E-state index contributed by atoms with van der Waals surface area (Å²) in [5.74, 6) is -0.237. The van der Waals surface area contributed by atoms with Crippen molar-refractivity contribution in [2.24, 2.45) is 0 Å². The van der Waals surface area contributed by atoms with Crippen LogP contribution in [-0.2, 0) is 0 Å². The maximum absolute atomic E-state index is 12.9. The molecule has 0 N–H and O–H groups in total. The highest BCUT2D eigenvalue weighted by molar-refractivity contribution is 14.1. The van der Waals surface area contributed by atoms with E-state index in [9.17, 15) is 4.39 Å². The Hall–Kier alpha value is -0.950. The molecule has 0 radical (unpaired) electrons. The molecule has 0 aliphatic carbocycles. The highest BCUT2D eigenvalue weighted by atomic mass is 127. The van der Waals surface area contributed by atoms with E-state index in [1.54, 1.807) is 12.1 Å². The summed E-state index contributed by atoms with van der Waals surface area (Å²) in [5.41, 5.74) is 2.64. The summed E-state index contributed by atoms with van der Waals surface area (Å²) in [7, 11) is 0. The molecule has 0 saturated carbocycles. The van der Waals surface area contributed by atoms with Crippen molar-refractivity contribution in [3.8, 4) is 11.3 Å².